The number of carbonyl (C=O) groups excluding carboxylic acids is 2. The second-order valence-electron chi connectivity index (χ2n) is 8.71. The van der Waals surface area contributed by atoms with Crippen molar-refractivity contribution in [3.8, 4) is 0 Å². The van der Waals surface area contributed by atoms with E-state index < -0.39 is 17.8 Å². The second kappa shape index (κ2) is 7.64. The third-order valence-electron chi connectivity index (χ3n) is 6.74. The molecule has 3 aliphatic rings. The molecule has 2 aromatic rings. The van der Waals surface area contributed by atoms with E-state index in [1.165, 1.54) is 11.3 Å². The van der Waals surface area contributed by atoms with Crippen LogP contribution in [0.3, 0.4) is 0 Å². The molecule has 0 aliphatic heterocycles. The maximum Gasteiger partial charge on any atom is 0.307 e. The smallest absolute Gasteiger partial charge is 0.307 e. The van der Waals surface area contributed by atoms with Gasteiger partial charge in [-0.3, -0.25) is 14.4 Å². The molecule has 31 heavy (non-hydrogen) atoms. The monoisotopic (exact) mass is 436 g/mol. The molecule has 0 unspecified atom stereocenters. The number of thiophene rings is 1. The van der Waals surface area contributed by atoms with E-state index in [1.807, 2.05) is 43.3 Å². The summed E-state index contributed by atoms with van der Waals surface area (Å²) >= 11 is 1.45. The van der Waals surface area contributed by atoms with Crippen LogP contribution in [0.2, 0.25) is 0 Å². The summed E-state index contributed by atoms with van der Waals surface area (Å²) in [6.07, 6.45) is 7.30. The fourth-order valence-corrected chi connectivity index (χ4v) is 6.56. The van der Waals surface area contributed by atoms with Crippen molar-refractivity contribution in [3.63, 3.8) is 0 Å². The highest BCUT2D eigenvalue weighted by Crippen LogP contribution is 2.49. The first kappa shape index (κ1) is 20.0. The average molecular weight is 437 g/mol. The Hall–Kier alpha value is -2.93. The Morgan fingerprint density at radius 1 is 1.00 bits per heavy atom. The van der Waals surface area contributed by atoms with Gasteiger partial charge in [0, 0.05) is 10.6 Å². The van der Waals surface area contributed by atoms with Gasteiger partial charge in [-0.1, -0.05) is 29.8 Å². The van der Waals surface area contributed by atoms with E-state index in [-0.39, 0.29) is 23.7 Å². The normalized spacial score (nSPS) is 25.5. The molecule has 1 aromatic heterocycles. The summed E-state index contributed by atoms with van der Waals surface area (Å²) in [5, 5.41) is 16.1. The van der Waals surface area contributed by atoms with Crippen molar-refractivity contribution < 1.29 is 19.5 Å². The largest absolute Gasteiger partial charge is 0.481 e. The van der Waals surface area contributed by atoms with Gasteiger partial charge in [-0.05, 0) is 62.1 Å². The topological polar surface area (TPSA) is 95.5 Å². The zero-order valence-electron chi connectivity index (χ0n) is 17.2. The van der Waals surface area contributed by atoms with E-state index in [2.05, 4.69) is 10.6 Å². The Morgan fingerprint density at radius 2 is 1.71 bits per heavy atom. The Kier molecular flexibility index (Phi) is 4.93. The van der Waals surface area contributed by atoms with Gasteiger partial charge in [0.15, 0.2) is 0 Å². The molecule has 1 fully saturated rings. The van der Waals surface area contributed by atoms with Crippen LogP contribution >= 0.6 is 11.3 Å². The summed E-state index contributed by atoms with van der Waals surface area (Å²) < 4.78 is 0. The van der Waals surface area contributed by atoms with Crippen LogP contribution in [0.1, 0.15) is 39.2 Å². The number of carbonyl (C=O) groups is 3. The van der Waals surface area contributed by atoms with E-state index >= 15 is 0 Å². The number of hydrogen-bond acceptors (Lipinski definition) is 4. The average Bonchev–Trinajstić information content (AvgIpc) is 3.49. The molecule has 3 N–H and O–H groups in total. The van der Waals surface area contributed by atoms with E-state index in [0.29, 0.717) is 22.7 Å². The molecule has 4 atom stereocenters. The third kappa shape index (κ3) is 3.47. The number of fused-ring (bicyclic) bond motifs is 3. The van der Waals surface area contributed by atoms with E-state index in [1.54, 1.807) is 0 Å². The fraction of sp³-hybridized carbons (Fsp3) is 0.375. The van der Waals surface area contributed by atoms with Gasteiger partial charge >= 0.3 is 5.97 Å². The minimum Gasteiger partial charge on any atom is -0.481 e. The molecule has 0 saturated heterocycles. The quantitative estimate of drug-likeness (QED) is 0.611. The second-order valence-corrected chi connectivity index (χ2v) is 9.81. The van der Waals surface area contributed by atoms with Crippen LogP contribution in [0.15, 0.2) is 36.4 Å². The number of rotatable bonds is 5. The standard InChI is InChI=1S/C24H24N2O4S/c1-12-5-9-15(10-6-12)25-22(28)20-16-3-2-4-17(16)31-23(20)26-21(27)18-13-7-8-14(11-13)19(18)24(29)30/h5-10,13-14,18-19H,2-4,11H2,1H3,(H,25,28)(H,26,27)(H,29,30)/t13-,14-,18-,19-/m0/s1. The number of nitrogens with one attached hydrogen (secondary N) is 2. The van der Waals surface area contributed by atoms with Crippen LogP contribution in [-0.4, -0.2) is 22.9 Å². The molecule has 2 amide bonds. The number of aryl methyl sites for hydroxylation is 2. The highest BCUT2D eigenvalue weighted by atomic mass is 32.1. The van der Waals surface area contributed by atoms with Crippen molar-refractivity contribution in [2.45, 2.75) is 32.6 Å². The lowest BCUT2D eigenvalue weighted by Gasteiger charge is -2.23. The molecule has 160 valence electrons. The molecule has 5 rings (SSSR count). The summed E-state index contributed by atoms with van der Waals surface area (Å²) in [5.74, 6) is -2.90. The predicted molar refractivity (Wildman–Crippen MR) is 119 cm³/mol. The van der Waals surface area contributed by atoms with E-state index in [0.717, 1.165) is 35.3 Å². The first-order valence-corrected chi connectivity index (χ1v) is 11.5. The van der Waals surface area contributed by atoms with Crippen molar-refractivity contribution in [1.82, 2.24) is 0 Å². The first-order valence-electron chi connectivity index (χ1n) is 10.7. The zero-order chi connectivity index (χ0) is 21.7. The molecule has 2 bridgehead atoms. The number of hydrogen-bond donors (Lipinski definition) is 3. The Balaban J connectivity index is 1.42. The molecular formula is C24H24N2O4S. The maximum absolute atomic E-state index is 13.2. The lowest BCUT2D eigenvalue weighted by Crippen LogP contribution is -2.36. The van der Waals surface area contributed by atoms with Crippen LogP contribution in [0.5, 0.6) is 0 Å². The van der Waals surface area contributed by atoms with Crippen molar-refractivity contribution in [2.75, 3.05) is 10.6 Å². The van der Waals surface area contributed by atoms with E-state index in [4.69, 9.17) is 0 Å². The first-order chi connectivity index (χ1) is 14.9. The number of carboxylic acids is 1. The third-order valence-corrected chi connectivity index (χ3v) is 7.95. The number of anilines is 2. The molecule has 0 radical (unpaired) electrons. The lowest BCUT2D eigenvalue weighted by atomic mass is 9.82. The van der Waals surface area contributed by atoms with Crippen LogP contribution in [0.4, 0.5) is 10.7 Å². The minimum absolute atomic E-state index is 0.0530. The molecule has 6 nitrogen and oxygen atoms in total. The number of allylic oxidation sites excluding steroid dienone is 2. The Labute approximate surface area is 184 Å². The van der Waals surface area contributed by atoms with Crippen molar-refractivity contribution in [2.24, 2.45) is 23.7 Å². The van der Waals surface area contributed by atoms with Crippen LogP contribution in [0, 0.1) is 30.6 Å². The summed E-state index contributed by atoms with van der Waals surface area (Å²) in [7, 11) is 0. The zero-order valence-corrected chi connectivity index (χ0v) is 18.0. The SMILES string of the molecule is Cc1ccc(NC(=O)c2c(NC(=O)[C@@H]3[C@@H](C(=O)O)[C@H]4C=C[C@H]3C4)sc3c2CCC3)cc1. The molecule has 1 saturated carbocycles. The van der Waals surface area contributed by atoms with Gasteiger partial charge in [-0.15, -0.1) is 11.3 Å². The number of aliphatic carboxylic acids is 1. The molecule has 1 heterocycles. The molecule has 3 aliphatic carbocycles. The van der Waals surface area contributed by atoms with Crippen LogP contribution in [-0.2, 0) is 22.4 Å². The summed E-state index contributed by atoms with van der Waals surface area (Å²) in [4.78, 5) is 39.3. The minimum atomic E-state index is -0.928. The van der Waals surface area contributed by atoms with Crippen molar-refractivity contribution in [1.29, 1.82) is 0 Å². The van der Waals surface area contributed by atoms with Crippen molar-refractivity contribution in [3.05, 3.63) is 58.0 Å². The number of amides is 2. The van der Waals surface area contributed by atoms with Crippen LogP contribution in [0.25, 0.3) is 0 Å². The van der Waals surface area contributed by atoms with Gasteiger partial charge in [0.1, 0.15) is 5.00 Å². The van der Waals surface area contributed by atoms with Gasteiger partial charge < -0.3 is 15.7 Å². The fourth-order valence-electron chi connectivity index (χ4n) is 5.27. The molecule has 0 spiro atoms. The molecular weight excluding hydrogens is 412 g/mol. The maximum atomic E-state index is 13.2. The molecule has 1 aromatic carbocycles. The van der Waals surface area contributed by atoms with Gasteiger partial charge in [0.25, 0.3) is 5.91 Å². The summed E-state index contributed by atoms with van der Waals surface area (Å²) in [6, 6.07) is 7.59. The van der Waals surface area contributed by atoms with E-state index in [9.17, 15) is 19.5 Å². The van der Waals surface area contributed by atoms with Crippen molar-refractivity contribution >= 4 is 39.8 Å². The van der Waals surface area contributed by atoms with Gasteiger partial charge in [-0.25, -0.2) is 0 Å². The summed E-state index contributed by atoms with van der Waals surface area (Å²) in [5.41, 5.74) is 3.34. The Bertz CT molecular complexity index is 1100. The molecule has 7 heteroatoms. The highest BCUT2D eigenvalue weighted by molar-refractivity contribution is 7.17. The van der Waals surface area contributed by atoms with Gasteiger partial charge in [-0.2, -0.15) is 0 Å². The number of carboxylic acid groups (broad SMARTS) is 1. The van der Waals surface area contributed by atoms with Gasteiger partial charge in [0.2, 0.25) is 5.91 Å². The van der Waals surface area contributed by atoms with Gasteiger partial charge in [0.05, 0.1) is 17.4 Å². The predicted octanol–water partition coefficient (Wildman–Crippen LogP) is 4.26. The highest BCUT2D eigenvalue weighted by Gasteiger charge is 2.51. The van der Waals surface area contributed by atoms with Crippen LogP contribution < -0.4 is 10.6 Å². The number of benzene rings is 1. The Morgan fingerprint density at radius 3 is 2.42 bits per heavy atom. The lowest BCUT2D eigenvalue weighted by molar-refractivity contribution is -0.146. The summed E-state index contributed by atoms with van der Waals surface area (Å²) in [6.45, 7) is 1.99.